The van der Waals surface area contributed by atoms with Gasteiger partial charge in [-0.05, 0) is 47.5 Å². The lowest BCUT2D eigenvalue weighted by Gasteiger charge is -2.29. The molecule has 6 nitrogen and oxygen atoms in total. The summed E-state index contributed by atoms with van der Waals surface area (Å²) in [5.41, 5.74) is 3.67. The number of fused-ring (bicyclic) bond motifs is 1. The van der Waals surface area contributed by atoms with Crippen LogP contribution in [0.3, 0.4) is 0 Å². The number of hydrogen-bond acceptors (Lipinski definition) is 5. The molecule has 1 aliphatic heterocycles. The highest BCUT2D eigenvalue weighted by molar-refractivity contribution is 6.34. The fraction of sp³-hybridized carbons (Fsp3) is 0.192. The SMILES string of the molecule is COc1cccc(-c2c(O)c3cc(-c4ccc(N5CCOCC5)cc4)c(Cl)cc3[nH]c2=O)c1. The highest BCUT2D eigenvalue weighted by Crippen LogP contribution is 2.38. The van der Waals surface area contributed by atoms with Gasteiger partial charge in [-0.2, -0.15) is 0 Å². The van der Waals surface area contributed by atoms with Gasteiger partial charge in [0.25, 0.3) is 5.56 Å². The summed E-state index contributed by atoms with van der Waals surface area (Å²) in [7, 11) is 1.56. The van der Waals surface area contributed by atoms with E-state index in [1.165, 1.54) is 0 Å². The number of aromatic amines is 1. The Labute approximate surface area is 196 Å². The fourth-order valence-electron chi connectivity index (χ4n) is 4.24. The molecule has 0 atom stereocenters. The van der Waals surface area contributed by atoms with Gasteiger partial charge in [0.15, 0.2) is 0 Å². The van der Waals surface area contributed by atoms with Crippen molar-refractivity contribution >= 4 is 28.2 Å². The average molecular weight is 463 g/mol. The number of ether oxygens (including phenoxy) is 2. The molecule has 0 aliphatic carbocycles. The van der Waals surface area contributed by atoms with Gasteiger partial charge in [0.1, 0.15) is 11.5 Å². The second-order valence-electron chi connectivity index (χ2n) is 7.93. The maximum Gasteiger partial charge on any atom is 0.260 e. The lowest BCUT2D eigenvalue weighted by atomic mass is 9.99. The number of anilines is 1. The van der Waals surface area contributed by atoms with E-state index in [0.717, 1.165) is 43.1 Å². The van der Waals surface area contributed by atoms with Crippen LogP contribution in [0, 0.1) is 0 Å². The van der Waals surface area contributed by atoms with Crippen molar-refractivity contribution in [3.8, 4) is 33.8 Å². The minimum Gasteiger partial charge on any atom is -0.506 e. The average Bonchev–Trinajstić information content (AvgIpc) is 2.84. The van der Waals surface area contributed by atoms with Gasteiger partial charge < -0.3 is 24.5 Å². The number of benzene rings is 3. The summed E-state index contributed by atoms with van der Waals surface area (Å²) in [4.78, 5) is 17.9. The highest BCUT2D eigenvalue weighted by Gasteiger charge is 2.17. The molecule has 33 heavy (non-hydrogen) atoms. The fourth-order valence-corrected chi connectivity index (χ4v) is 4.51. The van der Waals surface area contributed by atoms with Gasteiger partial charge in [0.2, 0.25) is 0 Å². The van der Waals surface area contributed by atoms with Crippen LogP contribution in [0.4, 0.5) is 5.69 Å². The summed E-state index contributed by atoms with van der Waals surface area (Å²) in [6, 6.07) is 18.7. The molecule has 1 saturated heterocycles. The van der Waals surface area contributed by atoms with Gasteiger partial charge in [0, 0.05) is 29.7 Å². The normalized spacial score (nSPS) is 13.9. The maximum atomic E-state index is 12.8. The van der Waals surface area contributed by atoms with E-state index >= 15 is 0 Å². The first kappa shape index (κ1) is 21.4. The molecule has 1 aromatic heterocycles. The van der Waals surface area contributed by atoms with Crippen molar-refractivity contribution in [3.63, 3.8) is 0 Å². The number of hydrogen-bond donors (Lipinski definition) is 2. The Morgan fingerprint density at radius 1 is 1.03 bits per heavy atom. The van der Waals surface area contributed by atoms with Crippen LogP contribution < -0.4 is 15.2 Å². The third-order valence-electron chi connectivity index (χ3n) is 5.99. The van der Waals surface area contributed by atoms with Crippen molar-refractivity contribution < 1.29 is 14.6 Å². The number of rotatable bonds is 4. The Bertz CT molecular complexity index is 1380. The molecule has 4 aromatic rings. The van der Waals surface area contributed by atoms with Crippen LogP contribution in [0.2, 0.25) is 5.02 Å². The molecule has 1 fully saturated rings. The van der Waals surface area contributed by atoms with Crippen LogP contribution in [0.5, 0.6) is 11.5 Å². The Balaban J connectivity index is 1.59. The Morgan fingerprint density at radius 3 is 2.52 bits per heavy atom. The standard InChI is InChI=1S/C26H23ClN2O4/c1-32-19-4-2-3-17(13-19)24-25(30)21-14-20(22(27)15-23(21)28-26(24)31)16-5-7-18(8-6-16)29-9-11-33-12-10-29/h2-8,13-15H,9-12H2,1H3,(H2,28,30,31). The van der Waals surface area contributed by atoms with Crippen molar-refractivity contribution in [2.45, 2.75) is 0 Å². The third-order valence-corrected chi connectivity index (χ3v) is 6.30. The zero-order valence-corrected chi connectivity index (χ0v) is 18.9. The van der Waals surface area contributed by atoms with Crippen molar-refractivity contribution in [2.75, 3.05) is 38.3 Å². The molecule has 3 aromatic carbocycles. The number of aromatic hydroxyl groups is 1. The molecule has 5 rings (SSSR count). The zero-order chi connectivity index (χ0) is 22.9. The topological polar surface area (TPSA) is 74.8 Å². The van der Waals surface area contributed by atoms with Gasteiger partial charge in [-0.25, -0.2) is 0 Å². The van der Waals surface area contributed by atoms with Gasteiger partial charge in [0.05, 0.1) is 36.4 Å². The number of nitrogens with zero attached hydrogens (tertiary/aromatic N) is 1. The van der Waals surface area contributed by atoms with E-state index in [9.17, 15) is 9.90 Å². The lowest BCUT2D eigenvalue weighted by molar-refractivity contribution is 0.122. The molecule has 0 amide bonds. The molecule has 168 valence electrons. The second-order valence-corrected chi connectivity index (χ2v) is 8.34. The van der Waals surface area contributed by atoms with Gasteiger partial charge >= 0.3 is 0 Å². The number of pyridine rings is 1. The van der Waals surface area contributed by atoms with Crippen LogP contribution in [0.1, 0.15) is 0 Å². The molecule has 7 heteroatoms. The highest BCUT2D eigenvalue weighted by atomic mass is 35.5. The van der Waals surface area contributed by atoms with Crippen molar-refractivity contribution in [3.05, 3.63) is 76.0 Å². The largest absolute Gasteiger partial charge is 0.506 e. The first-order valence-corrected chi connectivity index (χ1v) is 11.1. The number of H-pyrrole nitrogens is 1. The third kappa shape index (κ3) is 4.03. The minimum absolute atomic E-state index is 0.0927. The molecule has 0 radical (unpaired) electrons. The Kier molecular flexibility index (Phi) is 5.70. The summed E-state index contributed by atoms with van der Waals surface area (Å²) < 4.78 is 10.7. The molecule has 0 saturated carbocycles. The van der Waals surface area contributed by atoms with Crippen LogP contribution in [0.25, 0.3) is 33.2 Å². The van der Waals surface area contributed by atoms with Crippen LogP contribution >= 0.6 is 11.6 Å². The van der Waals surface area contributed by atoms with E-state index in [4.69, 9.17) is 21.1 Å². The monoisotopic (exact) mass is 462 g/mol. The van der Waals surface area contributed by atoms with E-state index in [0.29, 0.717) is 27.2 Å². The number of nitrogens with one attached hydrogen (secondary N) is 1. The summed E-state index contributed by atoms with van der Waals surface area (Å²) in [6.45, 7) is 3.19. The van der Waals surface area contributed by atoms with Crippen LogP contribution in [0.15, 0.2) is 65.5 Å². The van der Waals surface area contributed by atoms with Gasteiger partial charge in [-0.1, -0.05) is 35.9 Å². The maximum absolute atomic E-state index is 12.8. The quantitative estimate of drug-likeness (QED) is 0.443. The molecule has 0 spiro atoms. The predicted octanol–water partition coefficient (Wildman–Crippen LogP) is 5.07. The van der Waals surface area contributed by atoms with Crippen molar-refractivity contribution in [1.82, 2.24) is 4.98 Å². The number of halogens is 1. The number of morpholine rings is 1. The summed E-state index contributed by atoms with van der Waals surface area (Å²) >= 11 is 6.58. The van der Waals surface area contributed by atoms with E-state index in [1.807, 2.05) is 18.2 Å². The van der Waals surface area contributed by atoms with Crippen LogP contribution in [-0.4, -0.2) is 43.5 Å². The van der Waals surface area contributed by atoms with Crippen LogP contribution in [-0.2, 0) is 4.74 Å². The van der Waals surface area contributed by atoms with Crippen molar-refractivity contribution in [2.24, 2.45) is 0 Å². The molecule has 0 bridgehead atoms. The van der Waals surface area contributed by atoms with Gasteiger partial charge in [-0.3, -0.25) is 4.79 Å². The molecular weight excluding hydrogens is 440 g/mol. The van der Waals surface area contributed by atoms with E-state index < -0.39 is 5.56 Å². The van der Waals surface area contributed by atoms with Gasteiger partial charge in [-0.15, -0.1) is 0 Å². The lowest BCUT2D eigenvalue weighted by Crippen LogP contribution is -2.36. The van der Waals surface area contributed by atoms with E-state index in [2.05, 4.69) is 22.0 Å². The number of aromatic nitrogens is 1. The molecular formula is C26H23ClN2O4. The minimum atomic E-state index is -0.396. The second kappa shape index (κ2) is 8.81. The van der Waals surface area contributed by atoms with E-state index in [1.54, 1.807) is 37.4 Å². The summed E-state index contributed by atoms with van der Waals surface area (Å²) in [6.07, 6.45) is 0. The molecule has 2 N–H and O–H groups in total. The number of methoxy groups -OCH3 is 1. The summed E-state index contributed by atoms with van der Waals surface area (Å²) in [5, 5.41) is 12.1. The predicted molar refractivity (Wildman–Crippen MR) is 132 cm³/mol. The van der Waals surface area contributed by atoms with Crippen molar-refractivity contribution in [1.29, 1.82) is 0 Å². The Hall–Kier alpha value is -3.48. The summed E-state index contributed by atoms with van der Waals surface area (Å²) in [5.74, 6) is 0.508. The first-order valence-electron chi connectivity index (χ1n) is 10.7. The van der Waals surface area contributed by atoms with E-state index in [-0.39, 0.29) is 11.3 Å². The molecule has 2 heterocycles. The molecule has 0 unspecified atom stereocenters. The molecule has 1 aliphatic rings. The smallest absolute Gasteiger partial charge is 0.260 e. The zero-order valence-electron chi connectivity index (χ0n) is 18.1. The first-order chi connectivity index (χ1) is 16.0. The Morgan fingerprint density at radius 2 is 1.79 bits per heavy atom.